The van der Waals surface area contributed by atoms with Crippen LogP contribution in [0.5, 0.6) is 0 Å². The predicted molar refractivity (Wildman–Crippen MR) is 58.3 cm³/mol. The third kappa shape index (κ3) is 1.59. The Bertz CT molecular complexity index is 206. The van der Waals surface area contributed by atoms with Crippen molar-refractivity contribution in [3.8, 4) is 0 Å². The van der Waals surface area contributed by atoms with Crippen molar-refractivity contribution in [3.05, 3.63) is 0 Å². The molecule has 0 aromatic heterocycles. The van der Waals surface area contributed by atoms with Gasteiger partial charge in [0.1, 0.15) is 0 Å². The number of rotatable bonds is 2. The van der Waals surface area contributed by atoms with E-state index in [0.29, 0.717) is 0 Å². The summed E-state index contributed by atoms with van der Waals surface area (Å²) in [6.07, 6.45) is 7.22. The van der Waals surface area contributed by atoms with Gasteiger partial charge in [-0.05, 0) is 44.6 Å². The van der Waals surface area contributed by atoms with Crippen molar-refractivity contribution in [2.75, 3.05) is 20.1 Å². The average Bonchev–Trinajstić information content (AvgIpc) is 2.86. The molecule has 2 aliphatic carbocycles. The summed E-state index contributed by atoms with van der Waals surface area (Å²) in [4.78, 5) is 2.78. The van der Waals surface area contributed by atoms with Crippen molar-refractivity contribution in [3.63, 3.8) is 0 Å². The van der Waals surface area contributed by atoms with E-state index in [1.165, 1.54) is 38.8 Å². The summed E-state index contributed by atoms with van der Waals surface area (Å²) < 4.78 is 0. The van der Waals surface area contributed by atoms with Crippen LogP contribution in [-0.2, 0) is 0 Å². The Hall–Kier alpha value is -0.0800. The summed E-state index contributed by atoms with van der Waals surface area (Å²) in [5.74, 6) is 2.20. The first-order valence-corrected chi connectivity index (χ1v) is 6.28. The molecule has 80 valence electrons. The van der Waals surface area contributed by atoms with Gasteiger partial charge in [-0.25, -0.2) is 0 Å². The molecule has 0 bridgehead atoms. The number of nitrogens with zero attached hydrogens (tertiary/aromatic N) is 1. The van der Waals surface area contributed by atoms with E-state index in [9.17, 15) is 0 Å². The standard InChI is InChI=1S/C12H22N2/c1-13-11-3-2-4-12(6-11)14-7-9-5-10(9)8-14/h9-13H,2-8H2,1H3. The Morgan fingerprint density at radius 2 is 1.86 bits per heavy atom. The lowest BCUT2D eigenvalue weighted by atomic mass is 9.90. The maximum Gasteiger partial charge on any atom is 0.0110 e. The van der Waals surface area contributed by atoms with Gasteiger partial charge in [0, 0.05) is 25.2 Å². The zero-order chi connectivity index (χ0) is 9.54. The topological polar surface area (TPSA) is 15.3 Å². The van der Waals surface area contributed by atoms with E-state index in [-0.39, 0.29) is 0 Å². The van der Waals surface area contributed by atoms with Crippen LogP contribution < -0.4 is 5.32 Å². The Balaban J connectivity index is 1.56. The lowest BCUT2D eigenvalue weighted by Crippen LogP contribution is -2.43. The molecule has 0 aromatic carbocycles. The van der Waals surface area contributed by atoms with Gasteiger partial charge in [0.2, 0.25) is 0 Å². The smallest absolute Gasteiger partial charge is 0.0110 e. The van der Waals surface area contributed by atoms with Crippen LogP contribution in [0.3, 0.4) is 0 Å². The van der Waals surface area contributed by atoms with E-state index >= 15 is 0 Å². The maximum absolute atomic E-state index is 3.45. The number of hydrogen-bond acceptors (Lipinski definition) is 2. The molecular weight excluding hydrogens is 172 g/mol. The Morgan fingerprint density at radius 3 is 2.57 bits per heavy atom. The Labute approximate surface area is 87.0 Å². The van der Waals surface area contributed by atoms with Gasteiger partial charge in [-0.15, -0.1) is 0 Å². The molecule has 3 aliphatic rings. The third-order valence-corrected chi connectivity index (χ3v) is 4.58. The van der Waals surface area contributed by atoms with E-state index in [2.05, 4.69) is 17.3 Å². The molecule has 4 unspecified atom stereocenters. The van der Waals surface area contributed by atoms with Crippen molar-refractivity contribution in [1.29, 1.82) is 0 Å². The van der Waals surface area contributed by atoms with Crippen molar-refractivity contribution < 1.29 is 0 Å². The molecule has 2 saturated carbocycles. The highest BCUT2D eigenvalue weighted by atomic mass is 15.2. The maximum atomic E-state index is 3.45. The highest BCUT2D eigenvalue weighted by Gasteiger charge is 2.47. The predicted octanol–water partition coefficient (Wildman–Crippen LogP) is 1.47. The molecule has 2 heteroatoms. The summed E-state index contributed by atoms with van der Waals surface area (Å²) in [6.45, 7) is 2.84. The van der Waals surface area contributed by atoms with E-state index in [1.807, 2.05) is 0 Å². The molecule has 0 spiro atoms. The molecule has 0 radical (unpaired) electrons. The SMILES string of the molecule is CNC1CCCC(N2CC3CC3C2)C1. The van der Waals surface area contributed by atoms with Crippen LogP contribution in [0.25, 0.3) is 0 Å². The second-order valence-electron chi connectivity index (χ2n) is 5.52. The molecule has 1 heterocycles. The summed E-state index contributed by atoms with van der Waals surface area (Å²) in [6, 6.07) is 1.71. The average molecular weight is 194 g/mol. The molecule has 2 nitrogen and oxygen atoms in total. The van der Waals surface area contributed by atoms with Gasteiger partial charge < -0.3 is 5.32 Å². The second-order valence-corrected chi connectivity index (χ2v) is 5.52. The Morgan fingerprint density at radius 1 is 1.07 bits per heavy atom. The summed E-state index contributed by atoms with van der Waals surface area (Å²) >= 11 is 0. The lowest BCUT2D eigenvalue weighted by Gasteiger charge is -2.36. The lowest BCUT2D eigenvalue weighted by molar-refractivity contribution is 0.156. The first-order chi connectivity index (χ1) is 6.86. The number of likely N-dealkylation sites (tertiary alicyclic amines) is 1. The van der Waals surface area contributed by atoms with Crippen molar-refractivity contribution in [2.45, 2.75) is 44.2 Å². The summed E-state index contributed by atoms with van der Waals surface area (Å²) in [7, 11) is 2.12. The Kier molecular flexibility index (Phi) is 2.29. The first-order valence-electron chi connectivity index (χ1n) is 6.28. The molecule has 3 fully saturated rings. The van der Waals surface area contributed by atoms with Crippen LogP contribution in [-0.4, -0.2) is 37.1 Å². The van der Waals surface area contributed by atoms with Gasteiger partial charge >= 0.3 is 0 Å². The largest absolute Gasteiger partial charge is 0.317 e. The van der Waals surface area contributed by atoms with Gasteiger partial charge in [-0.3, -0.25) is 4.90 Å². The van der Waals surface area contributed by atoms with Crippen LogP contribution >= 0.6 is 0 Å². The van der Waals surface area contributed by atoms with Crippen LogP contribution in [0, 0.1) is 11.8 Å². The van der Waals surface area contributed by atoms with Crippen LogP contribution in [0.15, 0.2) is 0 Å². The van der Waals surface area contributed by atoms with Gasteiger partial charge in [-0.2, -0.15) is 0 Å². The fourth-order valence-corrected chi connectivity index (χ4v) is 3.49. The van der Waals surface area contributed by atoms with Crippen LogP contribution in [0.2, 0.25) is 0 Å². The van der Waals surface area contributed by atoms with Crippen molar-refractivity contribution in [1.82, 2.24) is 10.2 Å². The fourth-order valence-electron chi connectivity index (χ4n) is 3.49. The van der Waals surface area contributed by atoms with Crippen molar-refractivity contribution in [2.24, 2.45) is 11.8 Å². The third-order valence-electron chi connectivity index (χ3n) is 4.58. The monoisotopic (exact) mass is 194 g/mol. The molecule has 14 heavy (non-hydrogen) atoms. The van der Waals surface area contributed by atoms with E-state index in [4.69, 9.17) is 0 Å². The molecule has 3 rings (SSSR count). The number of fused-ring (bicyclic) bond motifs is 1. The van der Waals surface area contributed by atoms with E-state index in [0.717, 1.165) is 23.9 Å². The molecule has 1 N–H and O–H groups in total. The fraction of sp³-hybridized carbons (Fsp3) is 1.00. The first kappa shape index (κ1) is 9.17. The van der Waals surface area contributed by atoms with Gasteiger partial charge in [0.15, 0.2) is 0 Å². The molecule has 4 atom stereocenters. The van der Waals surface area contributed by atoms with E-state index in [1.54, 1.807) is 6.42 Å². The minimum absolute atomic E-state index is 0.797. The highest BCUT2D eigenvalue weighted by molar-refractivity contribution is 4.99. The summed E-state index contributed by atoms with van der Waals surface area (Å²) in [5.41, 5.74) is 0. The van der Waals surface area contributed by atoms with Gasteiger partial charge in [-0.1, -0.05) is 6.42 Å². The second kappa shape index (κ2) is 3.49. The van der Waals surface area contributed by atoms with Gasteiger partial charge in [0.05, 0.1) is 0 Å². The van der Waals surface area contributed by atoms with E-state index < -0.39 is 0 Å². The quantitative estimate of drug-likeness (QED) is 0.716. The molecular formula is C12H22N2. The van der Waals surface area contributed by atoms with Crippen molar-refractivity contribution >= 4 is 0 Å². The number of nitrogens with one attached hydrogen (secondary N) is 1. The van der Waals surface area contributed by atoms with Crippen LogP contribution in [0.1, 0.15) is 32.1 Å². The minimum Gasteiger partial charge on any atom is -0.317 e. The number of piperidine rings is 1. The van der Waals surface area contributed by atoms with Crippen LogP contribution in [0.4, 0.5) is 0 Å². The molecule has 0 aromatic rings. The molecule has 1 aliphatic heterocycles. The summed E-state index contributed by atoms with van der Waals surface area (Å²) in [5, 5.41) is 3.45. The zero-order valence-corrected chi connectivity index (χ0v) is 9.21. The molecule has 0 amide bonds. The minimum atomic E-state index is 0.797. The zero-order valence-electron chi connectivity index (χ0n) is 9.21. The highest BCUT2D eigenvalue weighted by Crippen LogP contribution is 2.46. The number of hydrogen-bond donors (Lipinski definition) is 1. The normalized spacial score (nSPS) is 47.8. The molecule has 1 saturated heterocycles. The van der Waals surface area contributed by atoms with Gasteiger partial charge in [0.25, 0.3) is 0 Å².